The van der Waals surface area contributed by atoms with Crippen molar-refractivity contribution in [2.45, 2.75) is 17.6 Å². The predicted molar refractivity (Wildman–Crippen MR) is 119 cm³/mol. The Balaban J connectivity index is 1.88. The number of aryl methyl sites for hydroxylation is 1. The Hall–Kier alpha value is -2.50. The molecule has 3 aromatic rings. The van der Waals surface area contributed by atoms with Crippen LogP contribution in [-0.4, -0.2) is 14.7 Å². The molecule has 1 aliphatic rings. The molecular weight excluding hydrogens is 386 g/mol. The molecule has 0 saturated heterocycles. The highest BCUT2D eigenvalue weighted by molar-refractivity contribution is 7.98. The number of sulfonamides is 1. The molecule has 5 heteroatoms. The minimum Gasteiger partial charge on any atom is -0.284 e. The summed E-state index contributed by atoms with van der Waals surface area (Å²) >= 11 is 1.86. The first-order chi connectivity index (χ1) is 13.4. The van der Waals surface area contributed by atoms with Crippen molar-refractivity contribution in [3.8, 4) is 0 Å². The van der Waals surface area contributed by atoms with Crippen LogP contribution in [0.2, 0.25) is 0 Å². The van der Waals surface area contributed by atoms with Crippen LogP contribution in [0.15, 0.2) is 71.6 Å². The molecular formula is C23H21NO2S2. The lowest BCUT2D eigenvalue weighted by molar-refractivity contribution is 0.607. The van der Waals surface area contributed by atoms with Gasteiger partial charge in [0.1, 0.15) is 0 Å². The minimum absolute atomic E-state index is 0.567. The lowest BCUT2D eigenvalue weighted by Gasteiger charge is -2.13. The molecule has 1 aliphatic heterocycles. The summed E-state index contributed by atoms with van der Waals surface area (Å²) in [4.78, 5) is 1.27. The zero-order chi connectivity index (χ0) is 19.7. The Morgan fingerprint density at radius 1 is 0.964 bits per heavy atom. The molecule has 142 valence electrons. The summed E-state index contributed by atoms with van der Waals surface area (Å²) in [6.45, 7) is 2.11. The SMILES string of the molecule is Cc1ccc2c(c1)SCc1ccccc1C2=Cc1cccc(NS(C)(=O)=O)c1. The van der Waals surface area contributed by atoms with Crippen LogP contribution in [0.25, 0.3) is 11.6 Å². The second-order valence-electron chi connectivity index (χ2n) is 7.00. The molecule has 0 atom stereocenters. The highest BCUT2D eigenvalue weighted by atomic mass is 32.2. The maximum absolute atomic E-state index is 11.6. The monoisotopic (exact) mass is 407 g/mol. The summed E-state index contributed by atoms with van der Waals surface area (Å²) in [7, 11) is -3.31. The summed E-state index contributed by atoms with van der Waals surface area (Å²) in [5.74, 6) is 0.930. The van der Waals surface area contributed by atoms with E-state index in [-0.39, 0.29) is 0 Å². The van der Waals surface area contributed by atoms with E-state index in [9.17, 15) is 8.42 Å². The van der Waals surface area contributed by atoms with Crippen molar-refractivity contribution in [1.29, 1.82) is 0 Å². The molecule has 0 unspecified atom stereocenters. The second-order valence-corrected chi connectivity index (χ2v) is 9.77. The molecule has 0 aromatic heterocycles. The van der Waals surface area contributed by atoms with Gasteiger partial charge in [0.15, 0.2) is 0 Å². The lowest BCUT2D eigenvalue weighted by atomic mass is 9.92. The number of anilines is 1. The molecule has 0 radical (unpaired) electrons. The number of nitrogens with one attached hydrogen (secondary N) is 1. The van der Waals surface area contributed by atoms with Crippen LogP contribution < -0.4 is 4.72 Å². The van der Waals surface area contributed by atoms with Crippen LogP contribution in [0.1, 0.15) is 27.8 Å². The maximum atomic E-state index is 11.6. The summed E-state index contributed by atoms with van der Waals surface area (Å²) in [5.41, 5.74) is 7.66. The van der Waals surface area contributed by atoms with E-state index < -0.39 is 10.0 Å². The standard InChI is InChI=1S/C23H21NO2S2/c1-16-10-11-21-22(14-17-6-5-8-19(13-17)24-28(2,25)26)20-9-4-3-7-18(20)15-27-23(21)12-16/h3-14,24H,15H2,1-2H3. The first-order valence-corrected chi connectivity index (χ1v) is 11.9. The van der Waals surface area contributed by atoms with E-state index in [1.54, 1.807) is 6.07 Å². The maximum Gasteiger partial charge on any atom is 0.229 e. The van der Waals surface area contributed by atoms with E-state index in [4.69, 9.17) is 0 Å². The van der Waals surface area contributed by atoms with Gasteiger partial charge in [0.25, 0.3) is 0 Å². The Bertz CT molecular complexity index is 1180. The molecule has 28 heavy (non-hydrogen) atoms. The third-order valence-electron chi connectivity index (χ3n) is 4.62. The van der Waals surface area contributed by atoms with Crippen LogP contribution >= 0.6 is 11.8 Å². The minimum atomic E-state index is -3.31. The van der Waals surface area contributed by atoms with Gasteiger partial charge in [0.2, 0.25) is 10.0 Å². The highest BCUT2D eigenvalue weighted by Gasteiger charge is 2.18. The van der Waals surface area contributed by atoms with Gasteiger partial charge >= 0.3 is 0 Å². The number of hydrogen-bond donors (Lipinski definition) is 1. The molecule has 0 fully saturated rings. The Morgan fingerprint density at radius 3 is 2.61 bits per heavy atom. The third kappa shape index (κ3) is 4.16. The van der Waals surface area contributed by atoms with E-state index >= 15 is 0 Å². The van der Waals surface area contributed by atoms with Crippen molar-refractivity contribution in [1.82, 2.24) is 0 Å². The summed E-state index contributed by atoms with van der Waals surface area (Å²) < 4.78 is 25.7. The lowest BCUT2D eigenvalue weighted by Crippen LogP contribution is -2.09. The number of fused-ring (bicyclic) bond motifs is 2. The van der Waals surface area contributed by atoms with E-state index in [1.165, 1.54) is 27.1 Å². The van der Waals surface area contributed by atoms with Gasteiger partial charge in [-0.05, 0) is 64.6 Å². The smallest absolute Gasteiger partial charge is 0.229 e. The first kappa shape index (κ1) is 18.8. The average Bonchev–Trinajstić information content (AvgIpc) is 2.78. The van der Waals surface area contributed by atoms with Crippen LogP contribution in [0.3, 0.4) is 0 Å². The molecule has 0 saturated carbocycles. The second kappa shape index (κ2) is 7.49. The molecule has 3 nitrogen and oxygen atoms in total. The molecule has 4 rings (SSSR count). The molecule has 0 bridgehead atoms. The predicted octanol–water partition coefficient (Wildman–Crippen LogP) is 5.56. The fourth-order valence-corrected chi connectivity index (χ4v) is 5.13. The first-order valence-electron chi connectivity index (χ1n) is 9.01. The van der Waals surface area contributed by atoms with Crippen molar-refractivity contribution in [2.75, 3.05) is 11.0 Å². The van der Waals surface area contributed by atoms with Crippen LogP contribution in [0, 0.1) is 6.92 Å². The van der Waals surface area contributed by atoms with Crippen molar-refractivity contribution in [3.05, 3.63) is 94.5 Å². The molecule has 3 aromatic carbocycles. The Morgan fingerprint density at radius 2 is 1.79 bits per heavy atom. The molecule has 0 amide bonds. The van der Waals surface area contributed by atoms with Crippen LogP contribution in [0.4, 0.5) is 5.69 Å². The highest BCUT2D eigenvalue weighted by Crippen LogP contribution is 2.41. The van der Waals surface area contributed by atoms with E-state index in [0.29, 0.717) is 5.69 Å². The summed E-state index contributed by atoms with van der Waals surface area (Å²) in [5, 5.41) is 0. The zero-order valence-electron chi connectivity index (χ0n) is 15.8. The van der Waals surface area contributed by atoms with E-state index in [0.717, 1.165) is 23.1 Å². The number of hydrogen-bond acceptors (Lipinski definition) is 3. The van der Waals surface area contributed by atoms with Gasteiger partial charge in [-0.3, -0.25) is 4.72 Å². The van der Waals surface area contributed by atoms with Crippen LogP contribution in [-0.2, 0) is 15.8 Å². The van der Waals surface area contributed by atoms with Gasteiger partial charge in [-0.1, -0.05) is 48.5 Å². The average molecular weight is 408 g/mol. The molecule has 0 aliphatic carbocycles. The van der Waals surface area contributed by atoms with Crippen molar-refractivity contribution in [2.24, 2.45) is 0 Å². The summed E-state index contributed by atoms with van der Waals surface area (Å²) in [6.07, 6.45) is 3.31. The Labute approximate surface area is 170 Å². The van der Waals surface area contributed by atoms with Gasteiger partial charge in [-0.2, -0.15) is 0 Å². The van der Waals surface area contributed by atoms with Crippen molar-refractivity contribution >= 4 is 39.1 Å². The fraction of sp³-hybridized carbons (Fsp3) is 0.130. The van der Waals surface area contributed by atoms with Crippen molar-refractivity contribution < 1.29 is 8.42 Å². The molecule has 1 N–H and O–H groups in total. The number of thioether (sulfide) groups is 1. The van der Waals surface area contributed by atoms with Gasteiger partial charge in [0, 0.05) is 16.3 Å². The summed E-state index contributed by atoms with van der Waals surface area (Å²) in [6, 6.07) is 22.5. The zero-order valence-corrected chi connectivity index (χ0v) is 17.4. The normalized spacial score (nSPS) is 14.9. The number of rotatable bonds is 3. The fourth-order valence-electron chi connectivity index (χ4n) is 3.41. The third-order valence-corrected chi connectivity index (χ3v) is 6.33. The van der Waals surface area contributed by atoms with Gasteiger partial charge < -0.3 is 0 Å². The van der Waals surface area contributed by atoms with Crippen molar-refractivity contribution in [3.63, 3.8) is 0 Å². The van der Waals surface area contributed by atoms with Gasteiger partial charge in [-0.25, -0.2) is 8.42 Å². The molecule has 0 spiro atoms. The quantitative estimate of drug-likeness (QED) is 0.618. The van der Waals surface area contributed by atoms with Crippen LogP contribution in [0.5, 0.6) is 0 Å². The largest absolute Gasteiger partial charge is 0.284 e. The van der Waals surface area contributed by atoms with Gasteiger partial charge in [-0.15, -0.1) is 11.8 Å². The topological polar surface area (TPSA) is 46.2 Å². The van der Waals surface area contributed by atoms with E-state index in [1.807, 2.05) is 30.0 Å². The molecule has 1 heterocycles. The number of benzene rings is 3. The Kier molecular flexibility index (Phi) is 5.04. The van der Waals surface area contributed by atoms with E-state index in [2.05, 4.69) is 60.2 Å². The van der Waals surface area contributed by atoms with Gasteiger partial charge in [0.05, 0.1) is 6.26 Å².